The third-order valence-electron chi connectivity index (χ3n) is 4.32. The fourth-order valence-corrected chi connectivity index (χ4v) is 2.72. The van der Waals surface area contributed by atoms with Crippen molar-refractivity contribution in [3.05, 3.63) is 59.2 Å². The normalized spacial score (nSPS) is 14.2. The van der Waals surface area contributed by atoms with Gasteiger partial charge < -0.3 is 14.7 Å². The van der Waals surface area contributed by atoms with E-state index in [2.05, 4.69) is 0 Å². The Morgan fingerprint density at radius 1 is 1.19 bits per heavy atom. The van der Waals surface area contributed by atoms with Gasteiger partial charge >= 0.3 is 6.18 Å². The molecule has 0 saturated heterocycles. The zero-order chi connectivity index (χ0) is 18.9. The topological polar surface area (TPSA) is 49.8 Å². The Balaban J connectivity index is 1.80. The second-order valence-electron chi connectivity index (χ2n) is 6.24. The Kier molecular flexibility index (Phi) is 4.80. The Bertz CT molecular complexity index is 799. The minimum Gasteiger partial charge on any atom is -0.507 e. The molecule has 0 aliphatic heterocycles. The number of ether oxygens (including phenoxy) is 1. The number of halogens is 3. The van der Waals surface area contributed by atoms with Gasteiger partial charge in [-0.15, -0.1) is 0 Å². The lowest BCUT2D eigenvalue weighted by Gasteiger charge is -2.23. The smallest absolute Gasteiger partial charge is 0.416 e. The molecule has 2 aromatic carbocycles. The summed E-state index contributed by atoms with van der Waals surface area (Å²) in [5, 5.41) is 10.1. The van der Waals surface area contributed by atoms with Gasteiger partial charge in [-0.05, 0) is 42.7 Å². The maximum Gasteiger partial charge on any atom is 0.416 e. The number of phenolic OH excluding ortho intramolecular Hbond substituents is 1. The molecule has 0 spiro atoms. The fraction of sp³-hybridized carbons (Fsp3) is 0.316. The molecule has 0 radical (unpaired) electrons. The molecular formula is C19H18F3NO3. The van der Waals surface area contributed by atoms with E-state index in [0.717, 1.165) is 25.0 Å². The van der Waals surface area contributed by atoms with Crippen LogP contribution < -0.4 is 4.74 Å². The van der Waals surface area contributed by atoms with Crippen LogP contribution in [0.5, 0.6) is 11.5 Å². The molecule has 3 rings (SSSR count). The second kappa shape index (κ2) is 6.90. The van der Waals surface area contributed by atoms with E-state index in [-0.39, 0.29) is 29.8 Å². The number of carbonyl (C=O) groups excluding carboxylic acids is 1. The molecule has 0 unspecified atom stereocenters. The van der Waals surface area contributed by atoms with Crippen LogP contribution in [0.25, 0.3) is 0 Å². The number of rotatable bonds is 5. The van der Waals surface area contributed by atoms with Gasteiger partial charge in [0.15, 0.2) is 0 Å². The van der Waals surface area contributed by atoms with Crippen LogP contribution in [-0.4, -0.2) is 29.1 Å². The first kappa shape index (κ1) is 18.1. The first-order valence-electron chi connectivity index (χ1n) is 8.13. The second-order valence-corrected chi connectivity index (χ2v) is 6.24. The molecule has 26 heavy (non-hydrogen) atoms. The van der Waals surface area contributed by atoms with Crippen molar-refractivity contribution >= 4 is 5.91 Å². The maximum absolute atomic E-state index is 12.8. The zero-order valence-electron chi connectivity index (χ0n) is 14.1. The lowest BCUT2D eigenvalue weighted by Crippen LogP contribution is -2.32. The van der Waals surface area contributed by atoms with E-state index in [1.54, 1.807) is 11.0 Å². The highest BCUT2D eigenvalue weighted by atomic mass is 19.4. The predicted molar refractivity (Wildman–Crippen MR) is 89.0 cm³/mol. The van der Waals surface area contributed by atoms with E-state index >= 15 is 0 Å². The molecule has 138 valence electrons. The average Bonchev–Trinajstić information content (AvgIpc) is 3.43. The van der Waals surface area contributed by atoms with Gasteiger partial charge in [0.1, 0.15) is 11.5 Å². The number of hydrogen-bond donors (Lipinski definition) is 1. The van der Waals surface area contributed by atoms with Crippen LogP contribution in [0.3, 0.4) is 0 Å². The number of benzene rings is 2. The van der Waals surface area contributed by atoms with Crippen LogP contribution >= 0.6 is 0 Å². The number of amides is 1. The van der Waals surface area contributed by atoms with Crippen molar-refractivity contribution in [2.24, 2.45) is 0 Å². The largest absolute Gasteiger partial charge is 0.507 e. The van der Waals surface area contributed by atoms with Gasteiger partial charge in [-0.1, -0.05) is 12.1 Å². The van der Waals surface area contributed by atoms with Crippen molar-refractivity contribution in [1.82, 2.24) is 4.90 Å². The molecule has 7 heteroatoms. The third-order valence-corrected chi connectivity index (χ3v) is 4.32. The molecule has 4 nitrogen and oxygen atoms in total. The van der Waals surface area contributed by atoms with Crippen LogP contribution in [0.15, 0.2) is 42.5 Å². The zero-order valence-corrected chi connectivity index (χ0v) is 14.1. The van der Waals surface area contributed by atoms with Gasteiger partial charge in [-0.25, -0.2) is 0 Å². The lowest BCUT2D eigenvalue weighted by atomic mass is 10.1. The fourth-order valence-electron chi connectivity index (χ4n) is 2.72. The molecule has 1 aliphatic carbocycles. The van der Waals surface area contributed by atoms with Gasteiger partial charge in [-0.2, -0.15) is 13.2 Å². The summed E-state index contributed by atoms with van der Waals surface area (Å²) in [5.41, 5.74) is 0.0224. The van der Waals surface area contributed by atoms with Gasteiger partial charge in [0, 0.05) is 18.7 Å². The van der Waals surface area contributed by atoms with E-state index in [4.69, 9.17) is 4.74 Å². The molecule has 1 aliphatic rings. The van der Waals surface area contributed by atoms with E-state index in [9.17, 15) is 23.1 Å². The van der Waals surface area contributed by atoms with Gasteiger partial charge in [-0.3, -0.25) is 4.79 Å². The number of methoxy groups -OCH3 is 1. The number of aromatic hydroxyl groups is 1. The summed E-state index contributed by atoms with van der Waals surface area (Å²) < 4.78 is 43.0. The Labute approximate surface area is 148 Å². The first-order chi connectivity index (χ1) is 12.3. The van der Waals surface area contributed by atoms with Crippen LogP contribution in [0.4, 0.5) is 13.2 Å². The van der Waals surface area contributed by atoms with E-state index in [1.807, 2.05) is 0 Å². The number of hydrogen-bond acceptors (Lipinski definition) is 3. The number of phenols is 1. The number of nitrogens with zero attached hydrogens (tertiary/aromatic N) is 1. The van der Waals surface area contributed by atoms with Crippen LogP contribution in [0.2, 0.25) is 0 Å². The predicted octanol–water partition coefficient (Wildman–Crippen LogP) is 4.22. The van der Waals surface area contributed by atoms with Crippen molar-refractivity contribution in [2.75, 3.05) is 7.11 Å². The quantitative estimate of drug-likeness (QED) is 0.863. The minimum absolute atomic E-state index is 0.0336. The third kappa shape index (κ3) is 3.92. The molecule has 1 amide bonds. The van der Waals surface area contributed by atoms with Crippen molar-refractivity contribution in [3.63, 3.8) is 0 Å². The van der Waals surface area contributed by atoms with Crippen molar-refractivity contribution in [2.45, 2.75) is 31.6 Å². The van der Waals surface area contributed by atoms with Crippen molar-refractivity contribution in [1.29, 1.82) is 0 Å². The summed E-state index contributed by atoms with van der Waals surface area (Å²) >= 11 is 0. The Morgan fingerprint density at radius 2 is 1.85 bits per heavy atom. The highest BCUT2D eigenvalue weighted by Gasteiger charge is 2.34. The summed E-state index contributed by atoms with van der Waals surface area (Å²) in [5.74, 6) is -0.111. The highest BCUT2D eigenvalue weighted by molar-refractivity contribution is 5.97. The number of alkyl halides is 3. The minimum atomic E-state index is -4.39. The Morgan fingerprint density at radius 3 is 2.35 bits per heavy atom. The van der Waals surface area contributed by atoms with Crippen LogP contribution in [0, 0.1) is 0 Å². The summed E-state index contributed by atoms with van der Waals surface area (Å²) in [6.07, 6.45) is -2.72. The lowest BCUT2D eigenvalue weighted by molar-refractivity contribution is -0.137. The highest BCUT2D eigenvalue weighted by Crippen LogP contribution is 2.33. The van der Waals surface area contributed by atoms with Crippen LogP contribution in [0.1, 0.15) is 34.3 Å². The summed E-state index contributed by atoms with van der Waals surface area (Å²) in [6, 6.07) is 9.22. The van der Waals surface area contributed by atoms with Gasteiger partial charge in [0.2, 0.25) is 0 Å². The Hall–Kier alpha value is -2.70. The van der Waals surface area contributed by atoms with E-state index in [0.29, 0.717) is 11.3 Å². The van der Waals surface area contributed by atoms with Gasteiger partial charge in [0.25, 0.3) is 5.91 Å². The molecule has 2 aromatic rings. The molecule has 1 saturated carbocycles. The summed E-state index contributed by atoms with van der Waals surface area (Å²) in [7, 11) is 1.46. The summed E-state index contributed by atoms with van der Waals surface area (Å²) in [6.45, 7) is 0.188. The van der Waals surface area contributed by atoms with E-state index < -0.39 is 11.7 Å². The average molecular weight is 365 g/mol. The molecular weight excluding hydrogens is 347 g/mol. The van der Waals surface area contributed by atoms with Gasteiger partial charge in [0.05, 0.1) is 18.2 Å². The summed E-state index contributed by atoms with van der Waals surface area (Å²) in [4.78, 5) is 14.4. The molecule has 1 fully saturated rings. The molecule has 0 heterocycles. The maximum atomic E-state index is 12.8. The van der Waals surface area contributed by atoms with Crippen LogP contribution in [-0.2, 0) is 12.7 Å². The van der Waals surface area contributed by atoms with E-state index in [1.165, 1.54) is 31.4 Å². The first-order valence-corrected chi connectivity index (χ1v) is 8.13. The van der Waals surface area contributed by atoms with Crippen molar-refractivity contribution in [3.8, 4) is 11.5 Å². The molecule has 1 N–H and O–H groups in total. The molecule has 0 aromatic heterocycles. The molecule has 0 atom stereocenters. The molecule has 0 bridgehead atoms. The van der Waals surface area contributed by atoms with Crippen molar-refractivity contribution < 1.29 is 27.8 Å². The monoisotopic (exact) mass is 365 g/mol. The number of carbonyl (C=O) groups is 1. The SMILES string of the molecule is COc1ccc(C(=O)N(Cc2ccc(C(F)(F)F)cc2)C2CC2)c(O)c1. The standard InChI is InChI=1S/C19H18F3NO3/c1-26-15-8-9-16(17(24)10-15)18(25)23(14-6-7-14)11-12-2-4-13(5-3-12)19(20,21)22/h2-5,8-10,14,24H,6-7,11H2,1H3.